The van der Waals surface area contributed by atoms with Crippen LogP contribution in [-0.4, -0.2) is 39.5 Å². The lowest BCUT2D eigenvalue weighted by Crippen LogP contribution is -2.52. The van der Waals surface area contributed by atoms with Gasteiger partial charge in [-0.15, -0.1) is 0 Å². The minimum atomic E-state index is -2.12. The number of pyridine rings is 1. The molecule has 2 unspecified atom stereocenters. The van der Waals surface area contributed by atoms with Gasteiger partial charge in [-0.2, -0.15) is 0 Å². The number of aliphatic carboxylic acids is 1. The Morgan fingerprint density at radius 1 is 1.12 bits per heavy atom. The topological polar surface area (TPSA) is 109 Å². The number of nitrogens with zero attached hydrogens (tertiary/aromatic N) is 1. The van der Waals surface area contributed by atoms with Crippen LogP contribution in [-0.2, 0) is 16.0 Å². The van der Waals surface area contributed by atoms with Crippen molar-refractivity contribution in [1.29, 1.82) is 0 Å². The largest absolute Gasteiger partial charge is 0.495 e. The first-order valence-corrected chi connectivity index (χ1v) is 10.8. The molecule has 1 aliphatic heterocycles. The summed E-state index contributed by atoms with van der Waals surface area (Å²) >= 11 is 3.42. The first-order valence-electron chi connectivity index (χ1n) is 10.0. The SMILES string of the molecule is COc1cncc2c1[C@]1(O)[C@H](O)C(C(=O)O)C(c3ccccc3)[C@]1(c1ccc(Br)cc1)O2. The molecular formula is C24H20BrNO6. The molecule has 8 heteroatoms. The van der Waals surface area contributed by atoms with Crippen LogP contribution >= 0.6 is 15.9 Å². The van der Waals surface area contributed by atoms with Crippen LogP contribution in [0, 0.1) is 5.92 Å². The van der Waals surface area contributed by atoms with Gasteiger partial charge in [0.25, 0.3) is 0 Å². The molecule has 1 aliphatic carbocycles. The van der Waals surface area contributed by atoms with Crippen molar-refractivity contribution in [2.45, 2.75) is 23.2 Å². The minimum absolute atomic E-state index is 0.190. The molecular weight excluding hydrogens is 478 g/mol. The fourth-order valence-corrected chi connectivity index (χ4v) is 5.63. The molecule has 2 heterocycles. The summed E-state index contributed by atoms with van der Waals surface area (Å²) < 4.78 is 12.7. The second-order valence-corrected chi connectivity index (χ2v) is 8.94. The van der Waals surface area contributed by atoms with Gasteiger partial charge in [-0.05, 0) is 23.3 Å². The number of aliphatic hydroxyl groups excluding tert-OH is 1. The number of ether oxygens (including phenoxy) is 2. The van der Waals surface area contributed by atoms with Gasteiger partial charge < -0.3 is 24.8 Å². The first-order chi connectivity index (χ1) is 15.4. The number of fused-ring (bicyclic) bond motifs is 3. The number of aliphatic hydroxyl groups is 2. The third-order valence-corrected chi connectivity index (χ3v) is 7.13. The molecule has 0 amide bonds. The van der Waals surface area contributed by atoms with Gasteiger partial charge in [0.1, 0.15) is 17.6 Å². The Labute approximate surface area is 192 Å². The summed E-state index contributed by atoms with van der Waals surface area (Å²) in [5.41, 5.74) is -2.42. The van der Waals surface area contributed by atoms with Crippen LogP contribution in [0.4, 0.5) is 0 Å². The van der Waals surface area contributed by atoms with Crippen LogP contribution in [0.3, 0.4) is 0 Å². The number of rotatable bonds is 4. The maximum atomic E-state index is 12.5. The normalized spacial score (nSPS) is 30.3. The van der Waals surface area contributed by atoms with E-state index in [0.717, 1.165) is 4.47 Å². The quantitative estimate of drug-likeness (QED) is 0.507. The van der Waals surface area contributed by atoms with Gasteiger partial charge in [0.2, 0.25) is 0 Å². The average molecular weight is 498 g/mol. The van der Waals surface area contributed by atoms with Crippen LogP contribution in [0.15, 0.2) is 71.5 Å². The lowest BCUT2D eigenvalue weighted by atomic mass is 9.70. The number of hydrogen-bond donors (Lipinski definition) is 3. The molecule has 2 aliphatic rings. The summed E-state index contributed by atoms with van der Waals surface area (Å²) in [5.74, 6) is -3.06. The summed E-state index contributed by atoms with van der Waals surface area (Å²) in [6.07, 6.45) is 1.17. The molecule has 5 rings (SSSR count). The van der Waals surface area contributed by atoms with Crippen LogP contribution in [0.25, 0.3) is 0 Å². The van der Waals surface area contributed by atoms with E-state index in [-0.39, 0.29) is 17.1 Å². The molecule has 5 atom stereocenters. The molecule has 0 bridgehead atoms. The van der Waals surface area contributed by atoms with Gasteiger partial charge in [-0.1, -0.05) is 58.4 Å². The molecule has 3 aromatic rings. The second kappa shape index (κ2) is 7.30. The predicted molar refractivity (Wildman–Crippen MR) is 117 cm³/mol. The van der Waals surface area contributed by atoms with Gasteiger partial charge in [0.05, 0.1) is 31.0 Å². The molecule has 3 N–H and O–H groups in total. The van der Waals surface area contributed by atoms with Crippen LogP contribution in [0.2, 0.25) is 0 Å². The third kappa shape index (κ3) is 2.54. The van der Waals surface area contributed by atoms with Crippen LogP contribution in [0.1, 0.15) is 22.6 Å². The molecule has 164 valence electrons. The van der Waals surface area contributed by atoms with E-state index in [0.29, 0.717) is 11.1 Å². The van der Waals surface area contributed by atoms with Gasteiger partial charge in [0, 0.05) is 10.4 Å². The Morgan fingerprint density at radius 3 is 2.44 bits per heavy atom. The zero-order chi connectivity index (χ0) is 22.7. The van der Waals surface area contributed by atoms with Crippen molar-refractivity contribution in [2.75, 3.05) is 7.11 Å². The van der Waals surface area contributed by atoms with Crippen molar-refractivity contribution >= 4 is 21.9 Å². The summed E-state index contributed by atoms with van der Waals surface area (Å²) in [4.78, 5) is 16.6. The number of hydrogen-bond acceptors (Lipinski definition) is 6. The maximum absolute atomic E-state index is 12.5. The molecule has 2 aromatic carbocycles. The van der Waals surface area contributed by atoms with E-state index >= 15 is 0 Å². The Balaban J connectivity index is 1.89. The van der Waals surface area contributed by atoms with Gasteiger partial charge in [0.15, 0.2) is 11.2 Å². The molecule has 1 saturated carbocycles. The molecule has 32 heavy (non-hydrogen) atoms. The van der Waals surface area contributed by atoms with E-state index in [4.69, 9.17) is 9.47 Å². The first kappa shape index (κ1) is 20.9. The number of benzene rings is 2. The number of carboxylic acids is 1. The van der Waals surface area contributed by atoms with Crippen molar-refractivity contribution < 1.29 is 29.6 Å². The summed E-state index contributed by atoms with van der Waals surface area (Å²) in [6.45, 7) is 0. The summed E-state index contributed by atoms with van der Waals surface area (Å²) in [7, 11) is 1.42. The van der Waals surface area contributed by atoms with Gasteiger partial charge in [-0.3, -0.25) is 9.78 Å². The van der Waals surface area contributed by atoms with Crippen molar-refractivity contribution in [3.8, 4) is 11.5 Å². The molecule has 0 saturated heterocycles. The van der Waals surface area contributed by atoms with E-state index < -0.39 is 35.1 Å². The zero-order valence-corrected chi connectivity index (χ0v) is 18.6. The summed E-state index contributed by atoms with van der Waals surface area (Å²) in [5, 5.41) is 34.0. The fourth-order valence-electron chi connectivity index (χ4n) is 5.37. The van der Waals surface area contributed by atoms with Crippen LogP contribution in [0.5, 0.6) is 11.5 Å². The highest BCUT2D eigenvalue weighted by Crippen LogP contribution is 2.69. The molecule has 0 radical (unpaired) electrons. The van der Waals surface area contributed by atoms with Gasteiger partial charge >= 0.3 is 5.97 Å². The Bertz CT molecular complexity index is 1190. The number of carboxylic acid groups (broad SMARTS) is 1. The zero-order valence-electron chi connectivity index (χ0n) is 17.0. The molecule has 1 aromatic heterocycles. The number of aromatic nitrogens is 1. The van der Waals surface area contributed by atoms with E-state index in [1.165, 1.54) is 19.5 Å². The lowest BCUT2D eigenvalue weighted by molar-refractivity contribution is -0.159. The Hall–Kier alpha value is -2.94. The molecule has 0 spiro atoms. The Morgan fingerprint density at radius 2 is 1.81 bits per heavy atom. The van der Waals surface area contributed by atoms with Crippen molar-refractivity contribution in [2.24, 2.45) is 5.92 Å². The number of carbonyl (C=O) groups is 1. The third-order valence-electron chi connectivity index (χ3n) is 6.60. The van der Waals surface area contributed by atoms with Gasteiger partial charge in [-0.25, -0.2) is 0 Å². The molecule has 7 nitrogen and oxygen atoms in total. The van der Waals surface area contributed by atoms with E-state index in [1.807, 2.05) is 6.07 Å². The van der Waals surface area contributed by atoms with Crippen molar-refractivity contribution in [1.82, 2.24) is 4.98 Å². The second-order valence-electron chi connectivity index (χ2n) is 8.02. The fraction of sp³-hybridized carbons (Fsp3) is 0.250. The highest BCUT2D eigenvalue weighted by Gasteiger charge is 2.78. The average Bonchev–Trinajstić information content (AvgIpc) is 3.18. The number of halogens is 1. The summed E-state index contributed by atoms with van der Waals surface area (Å²) in [6, 6.07) is 16.0. The lowest BCUT2D eigenvalue weighted by Gasteiger charge is -2.40. The highest BCUT2D eigenvalue weighted by atomic mass is 79.9. The highest BCUT2D eigenvalue weighted by molar-refractivity contribution is 9.10. The minimum Gasteiger partial charge on any atom is -0.495 e. The Kier molecular flexibility index (Phi) is 4.77. The van der Waals surface area contributed by atoms with E-state index in [1.54, 1.807) is 48.5 Å². The maximum Gasteiger partial charge on any atom is 0.310 e. The molecule has 1 fully saturated rings. The monoisotopic (exact) mass is 497 g/mol. The van der Waals surface area contributed by atoms with Crippen molar-refractivity contribution in [3.05, 3.63) is 88.2 Å². The van der Waals surface area contributed by atoms with E-state index in [9.17, 15) is 20.1 Å². The van der Waals surface area contributed by atoms with E-state index in [2.05, 4.69) is 20.9 Å². The number of methoxy groups -OCH3 is 1. The van der Waals surface area contributed by atoms with Crippen LogP contribution < -0.4 is 9.47 Å². The smallest absolute Gasteiger partial charge is 0.310 e. The van der Waals surface area contributed by atoms with Crippen molar-refractivity contribution in [3.63, 3.8) is 0 Å². The predicted octanol–water partition coefficient (Wildman–Crippen LogP) is 3.19. The standard InChI is InChI=1S/C24H20BrNO6/c1-31-16-11-26-12-17-20(16)23(30)21(27)18(22(28)29)19(13-5-3-2-4-6-13)24(23,32-17)14-7-9-15(25)10-8-14/h2-12,18-19,21,27,30H,1H3,(H,28,29)/t18?,19?,21-,23+,24+/m1/s1.